The van der Waals surface area contributed by atoms with E-state index >= 15 is 0 Å². The van der Waals surface area contributed by atoms with Crippen LogP contribution >= 0.6 is 11.6 Å². The number of nitrogens with one attached hydrogen (secondary N) is 1. The molecule has 26 heavy (non-hydrogen) atoms. The molecule has 1 fully saturated rings. The van der Waals surface area contributed by atoms with Crippen LogP contribution in [0.1, 0.15) is 45.7 Å². The van der Waals surface area contributed by atoms with E-state index in [0.29, 0.717) is 6.42 Å². The molecule has 2 atom stereocenters. The third-order valence-corrected chi connectivity index (χ3v) is 4.27. The maximum absolute atomic E-state index is 13.7. The van der Waals surface area contributed by atoms with Crippen molar-refractivity contribution in [3.63, 3.8) is 0 Å². The second-order valence-electron chi connectivity index (χ2n) is 7.77. The highest BCUT2D eigenvalue weighted by Crippen LogP contribution is 2.41. The van der Waals surface area contributed by atoms with Gasteiger partial charge >= 0.3 is 12.3 Å². The van der Waals surface area contributed by atoms with Crippen molar-refractivity contribution in [1.82, 2.24) is 15.2 Å². The molecule has 9 heteroatoms. The van der Waals surface area contributed by atoms with Crippen molar-refractivity contribution in [2.75, 3.05) is 13.1 Å². The standard InChI is InChI=1S/C17H23ClF3N3O2/c1-15(2,3)26-14(25)23-16(4)7-8-24(10-16)13(17(19,20)21)11-5-6-12(18)22-9-11/h5-6,9,13H,7-8,10H2,1-4H3,(H,23,25)/t13-,16-/m0/s1. The van der Waals surface area contributed by atoms with Crippen molar-refractivity contribution in [2.24, 2.45) is 0 Å². The zero-order chi connectivity index (χ0) is 19.8. The van der Waals surface area contributed by atoms with Gasteiger partial charge in [0.2, 0.25) is 0 Å². The number of carbonyl (C=O) groups excluding carboxylic acids is 1. The summed E-state index contributed by atoms with van der Waals surface area (Å²) in [6, 6.07) is 0.850. The van der Waals surface area contributed by atoms with Crippen LogP contribution in [0.4, 0.5) is 18.0 Å². The smallest absolute Gasteiger partial charge is 0.408 e. The van der Waals surface area contributed by atoms with E-state index in [4.69, 9.17) is 16.3 Å². The lowest BCUT2D eigenvalue weighted by Crippen LogP contribution is -2.50. The number of pyridine rings is 1. The minimum absolute atomic E-state index is 0.0171. The highest BCUT2D eigenvalue weighted by molar-refractivity contribution is 6.29. The Morgan fingerprint density at radius 1 is 1.38 bits per heavy atom. The molecule has 1 aliphatic rings. The molecule has 0 aliphatic carbocycles. The summed E-state index contributed by atoms with van der Waals surface area (Å²) in [5.41, 5.74) is -1.48. The Morgan fingerprint density at radius 3 is 2.54 bits per heavy atom. The van der Waals surface area contributed by atoms with Crippen molar-refractivity contribution in [3.8, 4) is 0 Å². The number of alkyl carbamates (subject to hydrolysis) is 1. The molecule has 146 valence electrons. The molecule has 1 amide bonds. The summed E-state index contributed by atoms with van der Waals surface area (Å²) in [7, 11) is 0. The summed E-state index contributed by atoms with van der Waals surface area (Å²) < 4.78 is 46.3. The summed E-state index contributed by atoms with van der Waals surface area (Å²) in [5, 5.41) is 2.83. The molecule has 0 saturated carbocycles. The van der Waals surface area contributed by atoms with Crippen molar-refractivity contribution in [1.29, 1.82) is 0 Å². The Hall–Kier alpha value is -1.54. The number of alkyl halides is 3. The predicted octanol–water partition coefficient (Wildman–Crippen LogP) is 4.33. The predicted molar refractivity (Wildman–Crippen MR) is 92.0 cm³/mol. The lowest BCUT2D eigenvalue weighted by atomic mass is 10.0. The molecule has 5 nitrogen and oxygen atoms in total. The molecule has 1 saturated heterocycles. The maximum Gasteiger partial charge on any atom is 0.408 e. The number of amides is 1. The van der Waals surface area contributed by atoms with Crippen molar-refractivity contribution in [3.05, 3.63) is 29.0 Å². The van der Waals surface area contributed by atoms with Gasteiger partial charge in [-0.2, -0.15) is 13.2 Å². The molecule has 0 bridgehead atoms. The summed E-state index contributed by atoms with van der Waals surface area (Å²) in [5.74, 6) is 0. The van der Waals surface area contributed by atoms with Gasteiger partial charge in [-0.15, -0.1) is 0 Å². The first kappa shape index (κ1) is 20.8. The molecule has 0 spiro atoms. The molecule has 1 N–H and O–H groups in total. The zero-order valence-electron chi connectivity index (χ0n) is 15.2. The van der Waals surface area contributed by atoms with Gasteiger partial charge in [-0.25, -0.2) is 9.78 Å². The van der Waals surface area contributed by atoms with Gasteiger partial charge in [0, 0.05) is 19.3 Å². The van der Waals surface area contributed by atoms with Crippen LogP contribution in [0.3, 0.4) is 0 Å². The van der Waals surface area contributed by atoms with Gasteiger partial charge in [-0.3, -0.25) is 4.90 Å². The van der Waals surface area contributed by atoms with Gasteiger partial charge < -0.3 is 10.1 Å². The number of hydrogen-bond donors (Lipinski definition) is 1. The maximum atomic E-state index is 13.7. The first-order chi connectivity index (χ1) is 11.8. The fourth-order valence-corrected chi connectivity index (χ4v) is 3.14. The van der Waals surface area contributed by atoms with Gasteiger partial charge in [0.05, 0.1) is 5.54 Å². The van der Waals surface area contributed by atoms with Crippen molar-refractivity contribution in [2.45, 2.75) is 57.5 Å². The minimum atomic E-state index is -4.48. The normalized spacial score (nSPS) is 22.9. The first-order valence-electron chi connectivity index (χ1n) is 8.22. The average Bonchev–Trinajstić information content (AvgIpc) is 2.79. The number of halogens is 4. The number of carbonyl (C=O) groups is 1. The fraction of sp³-hybridized carbons (Fsp3) is 0.647. The van der Waals surface area contributed by atoms with E-state index in [1.807, 2.05) is 0 Å². The quantitative estimate of drug-likeness (QED) is 0.777. The van der Waals surface area contributed by atoms with Crippen molar-refractivity contribution >= 4 is 17.7 Å². The largest absolute Gasteiger partial charge is 0.444 e. The summed E-state index contributed by atoms with van der Waals surface area (Å²) in [6.07, 6.45) is -3.61. The molecular formula is C17H23ClF3N3O2. The molecule has 1 aliphatic heterocycles. The van der Waals surface area contributed by atoms with Gasteiger partial charge in [-0.05, 0) is 45.7 Å². The van der Waals surface area contributed by atoms with E-state index in [2.05, 4.69) is 10.3 Å². The Labute approximate surface area is 155 Å². The molecule has 2 heterocycles. The third-order valence-electron chi connectivity index (χ3n) is 4.05. The molecule has 1 aromatic rings. The molecular weight excluding hydrogens is 371 g/mol. The van der Waals surface area contributed by atoms with Gasteiger partial charge in [0.1, 0.15) is 16.8 Å². The van der Waals surface area contributed by atoms with Gasteiger partial charge in [0.15, 0.2) is 0 Å². The molecule has 0 radical (unpaired) electrons. The summed E-state index contributed by atoms with van der Waals surface area (Å²) in [4.78, 5) is 17.1. The molecule has 2 rings (SSSR count). The number of aromatic nitrogens is 1. The van der Waals surface area contributed by atoms with Gasteiger partial charge in [0.25, 0.3) is 0 Å². The third kappa shape index (κ3) is 5.48. The van der Waals surface area contributed by atoms with Crippen LogP contribution in [0.15, 0.2) is 18.3 Å². The molecule has 0 aromatic carbocycles. The van der Waals surface area contributed by atoms with E-state index in [1.165, 1.54) is 17.0 Å². The van der Waals surface area contributed by atoms with E-state index < -0.39 is 29.5 Å². The highest BCUT2D eigenvalue weighted by atomic mass is 35.5. The van der Waals surface area contributed by atoms with Crippen LogP contribution in [0.25, 0.3) is 0 Å². The fourth-order valence-electron chi connectivity index (χ4n) is 3.02. The van der Waals surface area contributed by atoms with Crippen LogP contribution in [-0.4, -0.2) is 46.4 Å². The van der Waals surface area contributed by atoms with E-state index in [1.54, 1.807) is 27.7 Å². The van der Waals surface area contributed by atoms with Crippen LogP contribution in [0.5, 0.6) is 0 Å². The second-order valence-corrected chi connectivity index (χ2v) is 8.15. The van der Waals surface area contributed by atoms with Crippen LogP contribution in [0, 0.1) is 0 Å². The second kappa shape index (κ2) is 7.23. The lowest BCUT2D eigenvalue weighted by Gasteiger charge is -2.32. The summed E-state index contributed by atoms with van der Waals surface area (Å²) >= 11 is 5.68. The first-order valence-corrected chi connectivity index (χ1v) is 8.60. The topological polar surface area (TPSA) is 54.5 Å². The SMILES string of the molecule is CC(C)(C)OC(=O)N[C@@]1(C)CCN([C@@H](c2ccc(Cl)nc2)C(F)(F)F)C1. The molecule has 0 unspecified atom stereocenters. The number of rotatable bonds is 3. The number of nitrogens with zero attached hydrogens (tertiary/aromatic N) is 2. The van der Waals surface area contributed by atoms with E-state index in [-0.39, 0.29) is 23.8 Å². The number of ether oxygens (including phenoxy) is 1. The zero-order valence-corrected chi connectivity index (χ0v) is 15.9. The van der Waals surface area contributed by atoms with Crippen molar-refractivity contribution < 1.29 is 22.7 Å². The van der Waals surface area contributed by atoms with Crippen LogP contribution < -0.4 is 5.32 Å². The van der Waals surface area contributed by atoms with E-state index in [0.717, 1.165) is 6.20 Å². The monoisotopic (exact) mass is 393 g/mol. The Kier molecular flexibility index (Phi) is 5.77. The highest BCUT2D eigenvalue weighted by Gasteiger charge is 2.49. The molecule has 1 aromatic heterocycles. The Morgan fingerprint density at radius 2 is 2.04 bits per heavy atom. The van der Waals surface area contributed by atoms with Crippen LogP contribution in [0.2, 0.25) is 5.15 Å². The number of likely N-dealkylation sites (tertiary alicyclic amines) is 1. The Bertz CT molecular complexity index is 646. The lowest BCUT2D eigenvalue weighted by molar-refractivity contribution is -0.184. The Balaban J connectivity index is 2.15. The van der Waals surface area contributed by atoms with Crippen LogP contribution in [-0.2, 0) is 4.74 Å². The average molecular weight is 394 g/mol. The van der Waals surface area contributed by atoms with Gasteiger partial charge in [-0.1, -0.05) is 17.7 Å². The van der Waals surface area contributed by atoms with E-state index in [9.17, 15) is 18.0 Å². The minimum Gasteiger partial charge on any atom is -0.444 e. The number of hydrogen-bond acceptors (Lipinski definition) is 4. The summed E-state index contributed by atoms with van der Waals surface area (Å²) in [6.45, 7) is 7.11.